The van der Waals surface area contributed by atoms with Crippen LogP contribution in [0, 0.1) is 0 Å². The second-order valence-electron chi connectivity index (χ2n) is 2.93. The Hall–Kier alpha value is -0.380. The van der Waals surface area contributed by atoms with Gasteiger partial charge in [-0.25, -0.2) is 0 Å². The van der Waals surface area contributed by atoms with Crippen LogP contribution in [0.3, 0.4) is 0 Å². The summed E-state index contributed by atoms with van der Waals surface area (Å²) < 4.78 is 6.43. The molecular weight excluding hydrogens is 218 g/mol. The average Bonchev–Trinajstić information content (AvgIpc) is 2.07. The van der Waals surface area contributed by atoms with E-state index in [1.54, 1.807) is 0 Å². The van der Waals surface area contributed by atoms with Crippen LogP contribution in [0.5, 0.6) is 0 Å². The molecule has 1 aliphatic rings. The highest BCUT2D eigenvalue weighted by atomic mass is 79.9. The van der Waals surface area contributed by atoms with Crippen LogP contribution >= 0.6 is 15.9 Å². The fraction of sp³-hybridized carbons (Fsp3) is 0.333. The SMILES string of the molecule is NC1COCc2c(Br)cccc21. The largest absolute Gasteiger partial charge is 0.375 e. The first-order valence-corrected chi connectivity index (χ1v) is 4.69. The maximum absolute atomic E-state index is 5.87. The third-order valence-corrected chi connectivity index (χ3v) is 2.84. The third-order valence-electron chi connectivity index (χ3n) is 2.10. The lowest BCUT2D eigenvalue weighted by atomic mass is 10.00. The van der Waals surface area contributed by atoms with Gasteiger partial charge >= 0.3 is 0 Å². The van der Waals surface area contributed by atoms with Crippen molar-refractivity contribution in [1.82, 2.24) is 0 Å². The van der Waals surface area contributed by atoms with Crippen LogP contribution < -0.4 is 5.73 Å². The first-order chi connectivity index (χ1) is 5.79. The van der Waals surface area contributed by atoms with Crippen LogP contribution in [0.1, 0.15) is 17.2 Å². The van der Waals surface area contributed by atoms with Gasteiger partial charge in [-0.15, -0.1) is 0 Å². The van der Waals surface area contributed by atoms with E-state index in [0.29, 0.717) is 13.2 Å². The lowest BCUT2D eigenvalue weighted by Crippen LogP contribution is -2.23. The molecule has 0 fully saturated rings. The van der Waals surface area contributed by atoms with Crippen molar-refractivity contribution in [3.8, 4) is 0 Å². The lowest BCUT2D eigenvalue weighted by Gasteiger charge is -2.23. The van der Waals surface area contributed by atoms with Gasteiger partial charge in [0.15, 0.2) is 0 Å². The molecule has 0 saturated heterocycles. The highest BCUT2D eigenvalue weighted by molar-refractivity contribution is 9.10. The molecule has 1 aromatic rings. The summed E-state index contributed by atoms with van der Waals surface area (Å²) in [7, 11) is 0. The monoisotopic (exact) mass is 227 g/mol. The Morgan fingerprint density at radius 3 is 3.08 bits per heavy atom. The highest BCUT2D eigenvalue weighted by Gasteiger charge is 2.18. The molecule has 1 heterocycles. The van der Waals surface area contributed by atoms with Crippen molar-refractivity contribution in [3.05, 3.63) is 33.8 Å². The number of fused-ring (bicyclic) bond motifs is 1. The third kappa shape index (κ3) is 1.28. The number of hydrogen-bond acceptors (Lipinski definition) is 2. The molecule has 1 aliphatic heterocycles. The summed E-state index contributed by atoms with van der Waals surface area (Å²) in [6.07, 6.45) is 0. The minimum absolute atomic E-state index is 0.0336. The molecule has 3 heteroatoms. The molecule has 64 valence electrons. The summed E-state index contributed by atoms with van der Waals surface area (Å²) in [5.74, 6) is 0. The maximum atomic E-state index is 5.87. The fourth-order valence-electron chi connectivity index (χ4n) is 1.45. The van der Waals surface area contributed by atoms with Crippen molar-refractivity contribution in [2.75, 3.05) is 6.61 Å². The molecule has 2 nitrogen and oxygen atoms in total. The summed E-state index contributed by atoms with van der Waals surface area (Å²) >= 11 is 3.47. The van der Waals surface area contributed by atoms with E-state index in [-0.39, 0.29) is 6.04 Å². The second kappa shape index (κ2) is 3.17. The number of ether oxygens (including phenoxy) is 1. The molecule has 0 radical (unpaired) electrons. The van der Waals surface area contributed by atoms with Crippen molar-refractivity contribution in [2.24, 2.45) is 5.73 Å². The van der Waals surface area contributed by atoms with Crippen molar-refractivity contribution >= 4 is 15.9 Å². The zero-order chi connectivity index (χ0) is 8.55. The summed E-state index contributed by atoms with van der Waals surface area (Å²) in [5, 5.41) is 0. The van der Waals surface area contributed by atoms with Crippen molar-refractivity contribution < 1.29 is 4.74 Å². The van der Waals surface area contributed by atoms with Gasteiger partial charge in [-0.3, -0.25) is 0 Å². The van der Waals surface area contributed by atoms with Gasteiger partial charge in [-0.1, -0.05) is 28.1 Å². The maximum Gasteiger partial charge on any atom is 0.0732 e. The van der Waals surface area contributed by atoms with Crippen molar-refractivity contribution in [2.45, 2.75) is 12.6 Å². The first-order valence-electron chi connectivity index (χ1n) is 3.89. The fourth-order valence-corrected chi connectivity index (χ4v) is 1.95. The Bertz CT molecular complexity index is 301. The normalized spacial score (nSPS) is 22.0. The molecular formula is C9H10BrNO. The molecule has 12 heavy (non-hydrogen) atoms. The quantitative estimate of drug-likeness (QED) is 0.736. The molecule has 1 atom stereocenters. The van der Waals surface area contributed by atoms with Gasteiger partial charge in [0.1, 0.15) is 0 Å². The van der Waals surface area contributed by atoms with Crippen LogP contribution in [-0.2, 0) is 11.3 Å². The van der Waals surface area contributed by atoms with Crippen LogP contribution in [0.2, 0.25) is 0 Å². The summed E-state index contributed by atoms with van der Waals surface area (Å²) in [5.41, 5.74) is 8.26. The molecule has 0 amide bonds. The number of halogens is 1. The van der Waals surface area contributed by atoms with E-state index in [4.69, 9.17) is 10.5 Å². The molecule has 1 aromatic carbocycles. The van der Waals surface area contributed by atoms with Crippen molar-refractivity contribution in [1.29, 1.82) is 0 Å². The van der Waals surface area contributed by atoms with Gasteiger partial charge in [0.2, 0.25) is 0 Å². The van der Waals surface area contributed by atoms with Gasteiger partial charge in [-0.05, 0) is 17.2 Å². The average molecular weight is 228 g/mol. The van der Waals surface area contributed by atoms with E-state index in [9.17, 15) is 0 Å². The van der Waals surface area contributed by atoms with E-state index in [1.165, 1.54) is 11.1 Å². The van der Waals surface area contributed by atoms with Gasteiger partial charge < -0.3 is 10.5 Å². The number of nitrogens with two attached hydrogens (primary N) is 1. The standard InChI is InChI=1S/C9H10BrNO/c10-8-3-1-2-6-7(8)4-12-5-9(6)11/h1-3,9H,4-5,11H2. The molecule has 2 rings (SSSR count). The van der Waals surface area contributed by atoms with E-state index >= 15 is 0 Å². The Labute approximate surface area is 79.8 Å². The molecule has 0 saturated carbocycles. The van der Waals surface area contributed by atoms with E-state index in [1.807, 2.05) is 12.1 Å². The Morgan fingerprint density at radius 2 is 2.33 bits per heavy atom. The number of benzene rings is 1. The number of rotatable bonds is 0. The van der Waals surface area contributed by atoms with E-state index in [0.717, 1.165) is 4.47 Å². The van der Waals surface area contributed by atoms with Crippen LogP contribution in [0.4, 0.5) is 0 Å². The minimum Gasteiger partial charge on any atom is -0.375 e. The van der Waals surface area contributed by atoms with Gasteiger partial charge in [0.25, 0.3) is 0 Å². The lowest BCUT2D eigenvalue weighted by molar-refractivity contribution is 0.0919. The zero-order valence-corrected chi connectivity index (χ0v) is 8.17. The summed E-state index contributed by atoms with van der Waals surface area (Å²) in [4.78, 5) is 0. The highest BCUT2D eigenvalue weighted by Crippen LogP contribution is 2.28. The molecule has 0 bridgehead atoms. The van der Waals surface area contributed by atoms with Gasteiger partial charge in [0, 0.05) is 4.47 Å². The predicted molar refractivity (Wildman–Crippen MR) is 50.7 cm³/mol. The minimum atomic E-state index is 0.0336. The van der Waals surface area contributed by atoms with Crippen LogP contribution in [0.15, 0.2) is 22.7 Å². The predicted octanol–water partition coefficient (Wildman–Crippen LogP) is 1.98. The molecule has 0 spiro atoms. The van der Waals surface area contributed by atoms with E-state index < -0.39 is 0 Å². The Kier molecular flexibility index (Phi) is 2.17. The van der Waals surface area contributed by atoms with E-state index in [2.05, 4.69) is 22.0 Å². The second-order valence-corrected chi connectivity index (χ2v) is 3.78. The smallest absolute Gasteiger partial charge is 0.0732 e. The Morgan fingerprint density at radius 1 is 1.50 bits per heavy atom. The van der Waals surface area contributed by atoms with Crippen molar-refractivity contribution in [3.63, 3.8) is 0 Å². The van der Waals surface area contributed by atoms with Crippen LogP contribution in [-0.4, -0.2) is 6.61 Å². The topological polar surface area (TPSA) is 35.2 Å². The molecule has 1 unspecified atom stereocenters. The summed E-state index contributed by atoms with van der Waals surface area (Å²) in [6, 6.07) is 6.12. The Balaban J connectivity index is 2.52. The molecule has 0 aromatic heterocycles. The number of hydrogen-bond donors (Lipinski definition) is 1. The summed E-state index contributed by atoms with van der Waals surface area (Å²) in [6.45, 7) is 1.30. The van der Waals surface area contributed by atoms with Gasteiger partial charge in [-0.2, -0.15) is 0 Å². The van der Waals surface area contributed by atoms with Crippen LogP contribution in [0.25, 0.3) is 0 Å². The first kappa shape index (κ1) is 8.23. The zero-order valence-electron chi connectivity index (χ0n) is 6.59. The molecule has 2 N–H and O–H groups in total. The molecule has 0 aliphatic carbocycles. The van der Waals surface area contributed by atoms with Gasteiger partial charge in [0.05, 0.1) is 19.3 Å².